The minimum absolute atomic E-state index is 0.228. The standard InChI is InChI=1S/C25H27N7O2S/c1-14-15(2)30-31(4)25(34)20(14)24-26-16(3)21(35-24)23(33)27-18-10-8-9-17(13-18)22-29-28-19-11-6-5-7-12-32(19)22/h8-10,13H,5-7,11-12H2,1-4H3,(H,27,33). The van der Waals surface area contributed by atoms with Gasteiger partial charge in [-0.05, 0) is 51.3 Å². The van der Waals surface area contributed by atoms with Gasteiger partial charge in [0.2, 0.25) is 0 Å². The molecule has 9 nitrogen and oxygen atoms in total. The average Bonchev–Trinajstić information content (AvgIpc) is 3.33. The van der Waals surface area contributed by atoms with Crippen molar-refractivity contribution in [1.82, 2.24) is 29.5 Å². The van der Waals surface area contributed by atoms with Crippen LogP contribution in [0.2, 0.25) is 0 Å². The lowest BCUT2D eigenvalue weighted by atomic mass is 10.1. The normalized spacial score (nSPS) is 13.4. The number of anilines is 1. The molecule has 1 aliphatic heterocycles. The molecule has 0 spiro atoms. The Morgan fingerprint density at radius 3 is 2.74 bits per heavy atom. The van der Waals surface area contributed by atoms with Gasteiger partial charge >= 0.3 is 0 Å². The molecule has 0 aliphatic carbocycles. The van der Waals surface area contributed by atoms with Gasteiger partial charge in [0.15, 0.2) is 5.82 Å². The molecule has 1 amide bonds. The molecular formula is C25H27N7O2S. The second-order valence-electron chi connectivity index (χ2n) is 8.88. The predicted octanol–water partition coefficient (Wildman–Crippen LogP) is 4.07. The van der Waals surface area contributed by atoms with Gasteiger partial charge < -0.3 is 9.88 Å². The van der Waals surface area contributed by atoms with Crippen LogP contribution >= 0.6 is 11.3 Å². The number of nitrogens with one attached hydrogen (secondary N) is 1. The van der Waals surface area contributed by atoms with Gasteiger partial charge in [0.25, 0.3) is 11.5 Å². The summed E-state index contributed by atoms with van der Waals surface area (Å²) < 4.78 is 3.50. The Kier molecular flexibility index (Phi) is 6.06. The van der Waals surface area contributed by atoms with Gasteiger partial charge in [-0.25, -0.2) is 9.67 Å². The molecule has 0 bridgehead atoms. The van der Waals surface area contributed by atoms with E-state index < -0.39 is 0 Å². The van der Waals surface area contributed by atoms with Gasteiger partial charge in [-0.3, -0.25) is 9.59 Å². The molecule has 0 atom stereocenters. The molecule has 0 radical (unpaired) electrons. The maximum absolute atomic E-state index is 13.2. The largest absolute Gasteiger partial charge is 0.321 e. The fraction of sp³-hybridized carbons (Fsp3) is 0.360. The Labute approximate surface area is 206 Å². The average molecular weight is 490 g/mol. The van der Waals surface area contributed by atoms with Crippen molar-refractivity contribution in [2.24, 2.45) is 7.05 Å². The van der Waals surface area contributed by atoms with E-state index in [9.17, 15) is 9.59 Å². The number of fused-ring (bicyclic) bond motifs is 1. The first-order valence-corrected chi connectivity index (χ1v) is 12.5. The summed E-state index contributed by atoms with van der Waals surface area (Å²) in [4.78, 5) is 31.0. The van der Waals surface area contributed by atoms with E-state index in [1.54, 1.807) is 14.0 Å². The summed E-state index contributed by atoms with van der Waals surface area (Å²) in [7, 11) is 1.62. The van der Waals surface area contributed by atoms with Crippen LogP contribution in [0.4, 0.5) is 5.69 Å². The number of benzene rings is 1. The van der Waals surface area contributed by atoms with Crippen LogP contribution in [-0.4, -0.2) is 35.4 Å². The van der Waals surface area contributed by atoms with Crippen LogP contribution in [0.5, 0.6) is 0 Å². The summed E-state index contributed by atoms with van der Waals surface area (Å²) in [6.45, 7) is 6.40. The molecular weight excluding hydrogens is 462 g/mol. The summed E-state index contributed by atoms with van der Waals surface area (Å²) >= 11 is 1.22. The quantitative estimate of drug-likeness (QED) is 0.463. The smallest absolute Gasteiger partial charge is 0.277 e. The summed E-state index contributed by atoms with van der Waals surface area (Å²) in [6, 6.07) is 7.66. The number of aromatic nitrogens is 6. The fourth-order valence-corrected chi connectivity index (χ4v) is 5.49. The molecule has 1 N–H and O–H groups in total. The Balaban J connectivity index is 1.43. The number of aryl methyl sites for hydroxylation is 4. The fourth-order valence-electron chi connectivity index (χ4n) is 4.44. The first kappa shape index (κ1) is 23.1. The topological polar surface area (TPSA) is 108 Å². The predicted molar refractivity (Wildman–Crippen MR) is 136 cm³/mol. The molecule has 5 rings (SSSR count). The molecule has 180 valence electrons. The van der Waals surface area contributed by atoms with E-state index in [1.807, 2.05) is 38.1 Å². The SMILES string of the molecule is Cc1nc(-c2c(C)c(C)nn(C)c2=O)sc1C(=O)Nc1cccc(-c2nnc3n2CCCCC3)c1. The molecule has 4 aromatic rings. The monoisotopic (exact) mass is 489 g/mol. The molecule has 0 fully saturated rings. The zero-order valence-corrected chi connectivity index (χ0v) is 21.1. The Morgan fingerprint density at radius 1 is 1.09 bits per heavy atom. The highest BCUT2D eigenvalue weighted by atomic mass is 32.1. The van der Waals surface area contributed by atoms with Crippen molar-refractivity contribution in [1.29, 1.82) is 0 Å². The van der Waals surface area contributed by atoms with Crippen molar-refractivity contribution >= 4 is 22.9 Å². The van der Waals surface area contributed by atoms with Crippen LogP contribution in [0.1, 0.15) is 51.7 Å². The van der Waals surface area contributed by atoms with Gasteiger partial charge in [-0.1, -0.05) is 18.6 Å². The van der Waals surface area contributed by atoms with Gasteiger partial charge in [0.1, 0.15) is 15.7 Å². The van der Waals surface area contributed by atoms with Gasteiger partial charge in [-0.15, -0.1) is 21.5 Å². The zero-order valence-electron chi connectivity index (χ0n) is 20.3. The first-order chi connectivity index (χ1) is 16.8. The van der Waals surface area contributed by atoms with Crippen molar-refractivity contribution in [3.8, 4) is 22.0 Å². The Bertz CT molecular complexity index is 1500. The number of amides is 1. The maximum atomic E-state index is 13.2. The molecule has 10 heteroatoms. The number of carbonyl (C=O) groups is 1. The summed E-state index contributed by atoms with van der Waals surface area (Å²) in [5.74, 6) is 1.59. The molecule has 0 saturated heterocycles. The van der Waals surface area contributed by atoms with E-state index >= 15 is 0 Å². The highest BCUT2D eigenvalue weighted by Gasteiger charge is 2.22. The van der Waals surface area contributed by atoms with E-state index in [0.717, 1.165) is 54.3 Å². The third-order valence-electron chi connectivity index (χ3n) is 6.43. The minimum atomic E-state index is -0.260. The van der Waals surface area contributed by atoms with Crippen LogP contribution in [-0.2, 0) is 20.0 Å². The maximum Gasteiger partial charge on any atom is 0.277 e. The van der Waals surface area contributed by atoms with Gasteiger partial charge in [0, 0.05) is 31.3 Å². The van der Waals surface area contributed by atoms with Crippen LogP contribution in [0, 0.1) is 20.8 Å². The number of carbonyl (C=O) groups excluding carboxylic acids is 1. The minimum Gasteiger partial charge on any atom is -0.321 e. The van der Waals surface area contributed by atoms with E-state index in [2.05, 4.69) is 30.2 Å². The van der Waals surface area contributed by atoms with Crippen LogP contribution in [0.15, 0.2) is 29.1 Å². The van der Waals surface area contributed by atoms with E-state index in [4.69, 9.17) is 0 Å². The molecule has 1 aromatic carbocycles. The number of hydrogen-bond donors (Lipinski definition) is 1. The number of hydrogen-bond acceptors (Lipinski definition) is 7. The van der Waals surface area contributed by atoms with Gasteiger partial charge in [-0.2, -0.15) is 5.10 Å². The van der Waals surface area contributed by atoms with Crippen LogP contribution in [0.25, 0.3) is 22.0 Å². The third kappa shape index (κ3) is 4.29. The zero-order chi connectivity index (χ0) is 24.7. The molecule has 1 aliphatic rings. The molecule has 35 heavy (non-hydrogen) atoms. The van der Waals surface area contributed by atoms with Crippen molar-refractivity contribution in [2.75, 3.05) is 5.32 Å². The summed E-state index contributed by atoms with van der Waals surface area (Å²) in [5, 5.41) is 16.6. The van der Waals surface area contributed by atoms with Crippen LogP contribution < -0.4 is 10.9 Å². The summed E-state index contributed by atoms with van der Waals surface area (Å²) in [5.41, 5.74) is 3.95. The summed E-state index contributed by atoms with van der Waals surface area (Å²) in [6.07, 6.45) is 4.38. The lowest BCUT2D eigenvalue weighted by molar-refractivity contribution is 0.103. The lowest BCUT2D eigenvalue weighted by Gasteiger charge is -2.09. The van der Waals surface area contributed by atoms with E-state index in [0.29, 0.717) is 26.8 Å². The van der Waals surface area contributed by atoms with Crippen LogP contribution in [0.3, 0.4) is 0 Å². The highest BCUT2D eigenvalue weighted by molar-refractivity contribution is 7.17. The first-order valence-electron chi connectivity index (χ1n) is 11.7. The van der Waals surface area contributed by atoms with E-state index in [-0.39, 0.29) is 11.5 Å². The van der Waals surface area contributed by atoms with Gasteiger partial charge in [0.05, 0.1) is 17.0 Å². The second kappa shape index (κ2) is 9.18. The number of nitrogens with zero attached hydrogens (tertiary/aromatic N) is 6. The highest BCUT2D eigenvalue weighted by Crippen LogP contribution is 2.30. The third-order valence-corrected chi connectivity index (χ3v) is 7.60. The Hall–Kier alpha value is -3.66. The van der Waals surface area contributed by atoms with E-state index in [1.165, 1.54) is 22.4 Å². The molecule has 0 unspecified atom stereocenters. The molecule has 0 saturated carbocycles. The Morgan fingerprint density at radius 2 is 1.91 bits per heavy atom. The van der Waals surface area contributed by atoms with Crippen molar-refractivity contribution in [2.45, 2.75) is 53.0 Å². The molecule has 3 aromatic heterocycles. The van der Waals surface area contributed by atoms with Crippen molar-refractivity contribution in [3.05, 3.63) is 62.3 Å². The molecule has 4 heterocycles. The lowest BCUT2D eigenvalue weighted by Crippen LogP contribution is -2.23. The van der Waals surface area contributed by atoms with Crippen molar-refractivity contribution in [3.63, 3.8) is 0 Å². The number of rotatable bonds is 4. The van der Waals surface area contributed by atoms with Crippen molar-refractivity contribution < 1.29 is 4.79 Å². The second-order valence-corrected chi connectivity index (χ2v) is 9.88. The number of thiazole rings is 1.